The third kappa shape index (κ3) is 2.92. The second-order valence-corrected chi connectivity index (χ2v) is 6.23. The normalized spacial score (nSPS) is 28.7. The lowest BCUT2D eigenvalue weighted by Gasteiger charge is -2.29. The first-order valence-electron chi connectivity index (χ1n) is 6.95. The Morgan fingerprint density at radius 2 is 2.10 bits per heavy atom. The van der Waals surface area contributed by atoms with Gasteiger partial charge in [0.1, 0.15) is 6.10 Å². The van der Waals surface area contributed by atoms with E-state index < -0.39 is 17.9 Å². The van der Waals surface area contributed by atoms with E-state index in [1.165, 1.54) is 0 Å². The number of aliphatic hydroxyl groups is 1. The maximum absolute atomic E-state index is 11.4. The SMILES string of the molecule is O=C1OC2CCCCC2(C#CC(O)c2ccc(Br)cc2)O1. The number of benzene rings is 1. The van der Waals surface area contributed by atoms with Crippen LogP contribution in [-0.2, 0) is 9.47 Å². The highest BCUT2D eigenvalue weighted by Crippen LogP contribution is 2.38. The molecule has 1 aromatic carbocycles. The first-order chi connectivity index (χ1) is 10.1. The van der Waals surface area contributed by atoms with E-state index >= 15 is 0 Å². The fourth-order valence-corrected chi connectivity index (χ4v) is 3.02. The molecule has 1 heterocycles. The molecule has 0 spiro atoms. The van der Waals surface area contributed by atoms with Crippen LogP contribution >= 0.6 is 15.9 Å². The van der Waals surface area contributed by atoms with Gasteiger partial charge in [0.05, 0.1) is 0 Å². The zero-order chi connectivity index (χ0) is 14.9. The van der Waals surface area contributed by atoms with Crippen molar-refractivity contribution in [3.05, 3.63) is 34.3 Å². The first-order valence-corrected chi connectivity index (χ1v) is 7.74. The lowest BCUT2D eigenvalue weighted by atomic mass is 9.82. The van der Waals surface area contributed by atoms with Gasteiger partial charge in [0.25, 0.3) is 0 Å². The molecule has 1 saturated heterocycles. The van der Waals surface area contributed by atoms with Crippen molar-refractivity contribution in [2.24, 2.45) is 0 Å². The highest BCUT2D eigenvalue weighted by molar-refractivity contribution is 9.10. The van der Waals surface area contributed by atoms with Gasteiger partial charge in [-0.3, -0.25) is 0 Å². The third-order valence-electron chi connectivity index (χ3n) is 3.89. The van der Waals surface area contributed by atoms with E-state index in [2.05, 4.69) is 27.8 Å². The Morgan fingerprint density at radius 3 is 2.86 bits per heavy atom. The molecule has 4 nitrogen and oxygen atoms in total. The van der Waals surface area contributed by atoms with Crippen LogP contribution in [0, 0.1) is 11.8 Å². The van der Waals surface area contributed by atoms with Crippen LogP contribution in [0.15, 0.2) is 28.7 Å². The molecular weight excluding hydrogens is 336 g/mol. The average Bonchev–Trinajstić information content (AvgIpc) is 2.82. The van der Waals surface area contributed by atoms with E-state index in [0.717, 1.165) is 23.7 Å². The monoisotopic (exact) mass is 350 g/mol. The number of halogens is 1. The van der Waals surface area contributed by atoms with Crippen LogP contribution < -0.4 is 0 Å². The summed E-state index contributed by atoms with van der Waals surface area (Å²) in [4.78, 5) is 11.4. The van der Waals surface area contributed by atoms with Gasteiger partial charge in [-0.15, -0.1) is 0 Å². The largest absolute Gasteiger partial charge is 0.510 e. The van der Waals surface area contributed by atoms with Gasteiger partial charge >= 0.3 is 6.16 Å². The lowest BCUT2D eigenvalue weighted by molar-refractivity contribution is 0.0488. The van der Waals surface area contributed by atoms with E-state index in [0.29, 0.717) is 12.0 Å². The quantitative estimate of drug-likeness (QED) is 0.623. The van der Waals surface area contributed by atoms with Gasteiger partial charge in [-0.1, -0.05) is 34.0 Å². The Labute approximate surface area is 131 Å². The van der Waals surface area contributed by atoms with Gasteiger partial charge in [-0.05, 0) is 42.9 Å². The van der Waals surface area contributed by atoms with Gasteiger partial charge < -0.3 is 14.6 Å². The molecular formula is C16H15BrO4. The van der Waals surface area contributed by atoms with Crippen molar-refractivity contribution in [2.45, 2.75) is 43.5 Å². The van der Waals surface area contributed by atoms with Crippen molar-refractivity contribution >= 4 is 22.1 Å². The molecule has 3 atom stereocenters. The van der Waals surface area contributed by atoms with Gasteiger partial charge in [-0.25, -0.2) is 4.79 Å². The van der Waals surface area contributed by atoms with Crippen LogP contribution in [0.25, 0.3) is 0 Å². The Kier molecular flexibility index (Phi) is 3.92. The molecule has 2 fully saturated rings. The topological polar surface area (TPSA) is 55.8 Å². The summed E-state index contributed by atoms with van der Waals surface area (Å²) in [6, 6.07) is 7.30. The predicted octanol–water partition coefficient (Wildman–Crippen LogP) is 3.33. The lowest BCUT2D eigenvalue weighted by Crippen LogP contribution is -2.41. The first kappa shape index (κ1) is 14.4. The standard InChI is InChI=1S/C16H15BrO4/c17-12-6-4-11(5-7-12)13(18)8-10-16-9-2-1-3-14(16)20-15(19)21-16/h4-7,13-14,18H,1-3,9H2. The molecule has 21 heavy (non-hydrogen) atoms. The molecule has 1 saturated carbocycles. The fourth-order valence-electron chi connectivity index (χ4n) is 2.76. The maximum Gasteiger partial charge on any atom is 0.510 e. The summed E-state index contributed by atoms with van der Waals surface area (Å²) in [6.45, 7) is 0. The minimum atomic E-state index is -0.908. The number of hydrogen-bond donors (Lipinski definition) is 1. The molecule has 0 aromatic heterocycles. The Bertz CT molecular complexity index is 601. The van der Waals surface area contributed by atoms with Crippen LogP contribution in [-0.4, -0.2) is 23.0 Å². The number of aliphatic hydroxyl groups excluding tert-OH is 1. The molecule has 3 unspecified atom stereocenters. The molecule has 3 rings (SSSR count). The van der Waals surface area contributed by atoms with Crippen molar-refractivity contribution < 1.29 is 19.4 Å². The van der Waals surface area contributed by atoms with Gasteiger partial charge in [0.15, 0.2) is 6.10 Å². The van der Waals surface area contributed by atoms with Gasteiger partial charge in [-0.2, -0.15) is 0 Å². The molecule has 0 amide bonds. The van der Waals surface area contributed by atoms with Crippen LogP contribution in [0.2, 0.25) is 0 Å². The van der Waals surface area contributed by atoms with Crippen LogP contribution in [0.3, 0.4) is 0 Å². The third-order valence-corrected chi connectivity index (χ3v) is 4.42. The number of carbonyl (C=O) groups excluding carboxylic acids is 1. The summed E-state index contributed by atoms with van der Waals surface area (Å²) in [5, 5.41) is 10.2. The fraction of sp³-hybridized carbons (Fsp3) is 0.438. The summed E-state index contributed by atoms with van der Waals surface area (Å²) in [5.74, 6) is 5.76. The van der Waals surface area contributed by atoms with Crippen molar-refractivity contribution in [3.8, 4) is 11.8 Å². The average molecular weight is 351 g/mol. The number of rotatable bonds is 1. The predicted molar refractivity (Wildman–Crippen MR) is 79.4 cm³/mol. The second-order valence-electron chi connectivity index (χ2n) is 5.32. The van der Waals surface area contributed by atoms with Gasteiger partial charge in [0, 0.05) is 10.9 Å². The number of ether oxygens (including phenoxy) is 2. The Hall–Kier alpha value is -1.51. The highest BCUT2D eigenvalue weighted by Gasteiger charge is 2.51. The van der Waals surface area contributed by atoms with Crippen molar-refractivity contribution in [1.29, 1.82) is 0 Å². The zero-order valence-electron chi connectivity index (χ0n) is 11.3. The van der Waals surface area contributed by atoms with E-state index in [1.807, 2.05) is 12.1 Å². The van der Waals surface area contributed by atoms with Crippen molar-refractivity contribution in [1.82, 2.24) is 0 Å². The molecule has 0 radical (unpaired) electrons. The Morgan fingerprint density at radius 1 is 1.33 bits per heavy atom. The molecule has 110 valence electrons. The second kappa shape index (κ2) is 5.70. The summed E-state index contributed by atoms with van der Waals surface area (Å²) in [6.07, 6.45) is 1.47. The minimum absolute atomic E-state index is 0.316. The summed E-state index contributed by atoms with van der Waals surface area (Å²) < 4.78 is 11.4. The van der Waals surface area contributed by atoms with E-state index in [4.69, 9.17) is 9.47 Å². The smallest absolute Gasteiger partial charge is 0.426 e. The Balaban J connectivity index is 1.81. The van der Waals surface area contributed by atoms with Crippen LogP contribution in [0.5, 0.6) is 0 Å². The van der Waals surface area contributed by atoms with E-state index in [9.17, 15) is 9.90 Å². The van der Waals surface area contributed by atoms with Gasteiger partial charge in [0.2, 0.25) is 5.60 Å². The van der Waals surface area contributed by atoms with Crippen LogP contribution in [0.1, 0.15) is 37.4 Å². The van der Waals surface area contributed by atoms with Crippen molar-refractivity contribution in [3.63, 3.8) is 0 Å². The highest BCUT2D eigenvalue weighted by atomic mass is 79.9. The summed E-state index contributed by atoms with van der Waals surface area (Å²) >= 11 is 3.35. The zero-order valence-corrected chi connectivity index (χ0v) is 12.9. The molecule has 1 aliphatic carbocycles. The summed E-state index contributed by atoms with van der Waals surface area (Å²) in [7, 11) is 0. The maximum atomic E-state index is 11.4. The van der Waals surface area contributed by atoms with Crippen LogP contribution in [0.4, 0.5) is 4.79 Å². The molecule has 1 aliphatic heterocycles. The molecule has 5 heteroatoms. The summed E-state index contributed by atoms with van der Waals surface area (Å²) in [5.41, 5.74) is -0.175. The molecule has 1 aromatic rings. The molecule has 0 bridgehead atoms. The molecule has 2 aliphatic rings. The van der Waals surface area contributed by atoms with E-state index in [-0.39, 0.29) is 6.10 Å². The number of fused-ring (bicyclic) bond motifs is 1. The number of hydrogen-bond acceptors (Lipinski definition) is 4. The van der Waals surface area contributed by atoms with E-state index in [1.54, 1.807) is 12.1 Å². The molecule has 1 N–H and O–H groups in total. The van der Waals surface area contributed by atoms with Crippen molar-refractivity contribution in [2.75, 3.05) is 0 Å². The number of carbonyl (C=O) groups is 1. The minimum Gasteiger partial charge on any atom is -0.426 e.